The Kier molecular flexibility index (Phi) is 7.66. The van der Waals surface area contributed by atoms with Crippen LogP contribution < -0.4 is 14.4 Å². The van der Waals surface area contributed by atoms with E-state index in [1.165, 1.54) is 5.69 Å². The number of rotatable bonds is 7. The Hall–Kier alpha value is -2.48. The van der Waals surface area contributed by atoms with E-state index in [0.717, 1.165) is 73.4 Å². The average Bonchev–Trinajstić information content (AvgIpc) is 2.89. The maximum Gasteiger partial charge on any atom is 0.142 e. The average molecular weight is 493 g/mol. The smallest absolute Gasteiger partial charge is 0.142 e. The van der Waals surface area contributed by atoms with E-state index in [0.29, 0.717) is 6.04 Å². The van der Waals surface area contributed by atoms with Crippen LogP contribution in [-0.2, 0) is 11.0 Å². The molecule has 1 N–H and O–H groups in total. The highest BCUT2D eigenvalue weighted by atomic mass is 32.2. The van der Waals surface area contributed by atoms with E-state index in [1.54, 1.807) is 6.20 Å². The number of hydrogen-bond donors (Lipinski definition) is 1. The van der Waals surface area contributed by atoms with Crippen molar-refractivity contribution in [3.8, 4) is 5.75 Å². The minimum atomic E-state index is -1.25. The van der Waals surface area contributed by atoms with Crippen LogP contribution in [0, 0.1) is 0 Å². The number of aromatic nitrogens is 1. The molecule has 2 heterocycles. The van der Waals surface area contributed by atoms with E-state index in [2.05, 4.69) is 51.6 Å². The predicted octanol–water partition coefficient (Wildman–Crippen LogP) is 4.77. The largest absolute Gasteiger partial charge is 0.489 e. The minimum Gasteiger partial charge on any atom is -0.489 e. The molecule has 1 unspecified atom stereocenters. The molecular weight excluding hydrogens is 456 g/mol. The van der Waals surface area contributed by atoms with Crippen molar-refractivity contribution in [2.24, 2.45) is 0 Å². The topological polar surface area (TPSA) is 57.7 Å². The lowest BCUT2D eigenvalue weighted by Gasteiger charge is -2.43. The van der Waals surface area contributed by atoms with Crippen LogP contribution >= 0.6 is 0 Å². The number of hydrogen-bond acceptors (Lipinski definition) is 5. The van der Waals surface area contributed by atoms with Gasteiger partial charge >= 0.3 is 0 Å². The molecule has 5 rings (SSSR count). The zero-order chi connectivity index (χ0) is 24.2. The summed E-state index contributed by atoms with van der Waals surface area (Å²) >= 11 is 0. The summed E-state index contributed by atoms with van der Waals surface area (Å²) in [5.74, 6) is 0.983. The van der Waals surface area contributed by atoms with Crippen LogP contribution in [-0.4, -0.2) is 58.5 Å². The fourth-order valence-corrected chi connectivity index (χ4v) is 6.61. The number of fused-ring (bicyclic) bond motifs is 1. The first-order chi connectivity index (χ1) is 17.1. The fraction of sp³-hybridized carbons (Fsp3) is 0.464. The van der Waals surface area contributed by atoms with Crippen molar-refractivity contribution in [1.29, 1.82) is 0 Å². The Morgan fingerprint density at radius 3 is 2.46 bits per heavy atom. The van der Waals surface area contributed by atoms with Crippen LogP contribution in [0.3, 0.4) is 0 Å². The monoisotopic (exact) mass is 492 g/mol. The number of benzene rings is 2. The summed E-state index contributed by atoms with van der Waals surface area (Å²) in [6, 6.07) is 19.1. The molecule has 7 heteroatoms. The van der Waals surface area contributed by atoms with E-state index in [9.17, 15) is 4.21 Å². The number of anilines is 1. The Labute approximate surface area is 211 Å². The first-order valence-corrected chi connectivity index (χ1v) is 14.0. The maximum atomic E-state index is 13.1. The standard InChI is InChI=1S/C28H36N4O2S/c1-21(2)34-26-10-4-3-9-25(26)32-19-17-31(18-20-32)24-14-12-23(13-15-24)30-35(33)27-11-5-7-22-8-6-16-29-28(22)27/h3-11,16,21,23-24,30H,12-15,17-20H2,1-2H3. The number of para-hydroxylation sites is 3. The van der Waals surface area contributed by atoms with Gasteiger partial charge in [0.2, 0.25) is 0 Å². The quantitative estimate of drug-likeness (QED) is 0.515. The Balaban J connectivity index is 1.13. The van der Waals surface area contributed by atoms with Gasteiger partial charge in [0.25, 0.3) is 0 Å². The molecule has 1 aliphatic heterocycles. The zero-order valence-corrected chi connectivity index (χ0v) is 21.5. The summed E-state index contributed by atoms with van der Waals surface area (Å²) in [5, 5.41) is 1.03. The molecule has 0 amide bonds. The van der Waals surface area contributed by atoms with Crippen molar-refractivity contribution in [2.45, 2.75) is 62.6 Å². The molecule has 1 atom stereocenters. The van der Waals surface area contributed by atoms with Gasteiger partial charge in [0.1, 0.15) is 16.7 Å². The van der Waals surface area contributed by atoms with Crippen molar-refractivity contribution >= 4 is 27.6 Å². The van der Waals surface area contributed by atoms with Gasteiger partial charge in [-0.2, -0.15) is 0 Å². The van der Waals surface area contributed by atoms with Crippen LogP contribution in [0.25, 0.3) is 10.9 Å². The normalized spacial score (nSPS) is 22.4. The van der Waals surface area contributed by atoms with Gasteiger partial charge in [-0.05, 0) is 63.8 Å². The first-order valence-electron chi connectivity index (χ1n) is 12.8. The van der Waals surface area contributed by atoms with Gasteiger partial charge in [0.15, 0.2) is 0 Å². The molecule has 0 radical (unpaired) electrons. The molecule has 1 saturated heterocycles. The van der Waals surface area contributed by atoms with Gasteiger partial charge < -0.3 is 9.64 Å². The van der Waals surface area contributed by atoms with Crippen LogP contribution in [0.1, 0.15) is 39.5 Å². The molecule has 0 bridgehead atoms. The van der Waals surface area contributed by atoms with Crippen LogP contribution in [0.15, 0.2) is 65.7 Å². The molecule has 1 aliphatic carbocycles. The highest BCUT2D eigenvalue weighted by Gasteiger charge is 2.30. The van der Waals surface area contributed by atoms with Crippen molar-refractivity contribution in [3.63, 3.8) is 0 Å². The van der Waals surface area contributed by atoms with Crippen molar-refractivity contribution in [1.82, 2.24) is 14.6 Å². The maximum absolute atomic E-state index is 13.1. The van der Waals surface area contributed by atoms with Crippen molar-refractivity contribution in [2.75, 3.05) is 31.1 Å². The fourth-order valence-electron chi connectivity index (χ4n) is 5.40. The first kappa shape index (κ1) is 24.2. The zero-order valence-electron chi connectivity index (χ0n) is 20.7. The van der Waals surface area contributed by atoms with Crippen LogP contribution in [0.2, 0.25) is 0 Å². The molecule has 3 aromatic rings. The number of pyridine rings is 1. The van der Waals surface area contributed by atoms with E-state index in [1.807, 2.05) is 36.4 Å². The lowest BCUT2D eigenvalue weighted by Crippen LogP contribution is -2.52. The molecule has 1 saturated carbocycles. The second-order valence-corrected chi connectivity index (χ2v) is 11.1. The molecular formula is C28H36N4O2S. The van der Waals surface area contributed by atoms with Gasteiger partial charge in [0, 0.05) is 49.8 Å². The lowest BCUT2D eigenvalue weighted by molar-refractivity contribution is 0.139. The van der Waals surface area contributed by atoms with Gasteiger partial charge in [-0.3, -0.25) is 9.88 Å². The van der Waals surface area contributed by atoms with Gasteiger partial charge in [-0.25, -0.2) is 8.93 Å². The molecule has 186 valence electrons. The second kappa shape index (κ2) is 11.1. The molecule has 0 spiro atoms. The lowest BCUT2D eigenvalue weighted by atomic mass is 9.90. The number of piperazine rings is 1. The van der Waals surface area contributed by atoms with E-state index >= 15 is 0 Å². The molecule has 2 aliphatic rings. The molecule has 2 aromatic carbocycles. The van der Waals surface area contributed by atoms with Crippen molar-refractivity contribution < 1.29 is 8.95 Å². The summed E-state index contributed by atoms with van der Waals surface area (Å²) in [5.41, 5.74) is 2.03. The Morgan fingerprint density at radius 2 is 1.69 bits per heavy atom. The van der Waals surface area contributed by atoms with Crippen LogP contribution in [0.5, 0.6) is 5.75 Å². The molecule has 1 aromatic heterocycles. The summed E-state index contributed by atoms with van der Waals surface area (Å²) in [4.78, 5) is 10.4. The van der Waals surface area contributed by atoms with Gasteiger partial charge in [-0.15, -0.1) is 0 Å². The molecule has 35 heavy (non-hydrogen) atoms. The van der Waals surface area contributed by atoms with Gasteiger partial charge in [-0.1, -0.05) is 30.3 Å². The van der Waals surface area contributed by atoms with E-state index in [4.69, 9.17) is 4.74 Å². The summed E-state index contributed by atoms with van der Waals surface area (Å²) in [6.07, 6.45) is 6.35. The Bertz CT molecular complexity index is 1150. The minimum absolute atomic E-state index is 0.174. The highest BCUT2D eigenvalue weighted by molar-refractivity contribution is 7.83. The third kappa shape index (κ3) is 5.68. The van der Waals surface area contributed by atoms with E-state index < -0.39 is 11.0 Å². The summed E-state index contributed by atoms with van der Waals surface area (Å²) < 4.78 is 22.6. The van der Waals surface area contributed by atoms with Crippen molar-refractivity contribution in [3.05, 3.63) is 60.8 Å². The third-order valence-electron chi connectivity index (χ3n) is 7.17. The number of nitrogens with one attached hydrogen (secondary N) is 1. The summed E-state index contributed by atoms with van der Waals surface area (Å²) in [6.45, 7) is 8.35. The summed E-state index contributed by atoms with van der Waals surface area (Å²) in [7, 11) is -1.25. The van der Waals surface area contributed by atoms with Crippen LogP contribution in [0.4, 0.5) is 5.69 Å². The predicted molar refractivity (Wildman–Crippen MR) is 143 cm³/mol. The Morgan fingerprint density at radius 1 is 0.943 bits per heavy atom. The van der Waals surface area contributed by atoms with Gasteiger partial charge in [0.05, 0.1) is 22.2 Å². The number of ether oxygens (including phenoxy) is 1. The highest BCUT2D eigenvalue weighted by Crippen LogP contribution is 2.31. The SMILES string of the molecule is CC(C)Oc1ccccc1N1CCN(C2CCC(NS(=O)c3cccc4cccnc34)CC2)CC1. The number of nitrogens with zero attached hydrogens (tertiary/aromatic N) is 3. The second-order valence-electron chi connectivity index (χ2n) is 9.88. The third-order valence-corrected chi connectivity index (χ3v) is 8.44. The molecule has 2 fully saturated rings. The molecule has 6 nitrogen and oxygen atoms in total. The van der Waals surface area contributed by atoms with E-state index in [-0.39, 0.29) is 12.1 Å².